The summed E-state index contributed by atoms with van der Waals surface area (Å²) in [5.41, 5.74) is 1.46. The molecule has 1 atom stereocenters. The predicted octanol–water partition coefficient (Wildman–Crippen LogP) is 3.78. The smallest absolute Gasteiger partial charge is 0.274 e. The Balaban J connectivity index is 1.38. The van der Waals surface area contributed by atoms with Gasteiger partial charge in [0.1, 0.15) is 5.82 Å². The Labute approximate surface area is 179 Å². The Bertz CT molecular complexity index is 1070. The third-order valence-electron chi connectivity index (χ3n) is 5.01. The van der Waals surface area contributed by atoms with E-state index in [0.717, 1.165) is 5.56 Å². The van der Waals surface area contributed by atoms with Gasteiger partial charge in [-0.25, -0.2) is 9.37 Å². The van der Waals surface area contributed by atoms with Gasteiger partial charge in [-0.2, -0.15) is 0 Å². The number of rotatable bonds is 7. The number of halogens is 1. The first-order chi connectivity index (χ1) is 15.1. The highest BCUT2D eigenvalue weighted by molar-refractivity contribution is 5.99. The molecule has 1 aliphatic heterocycles. The summed E-state index contributed by atoms with van der Waals surface area (Å²) in [4.78, 5) is 31.2. The minimum atomic E-state index is -0.750. The number of nitrogens with one attached hydrogen (secondary N) is 1. The molecular weight excluding hydrogens is 397 g/mol. The van der Waals surface area contributed by atoms with E-state index in [1.165, 1.54) is 12.1 Å². The van der Waals surface area contributed by atoms with E-state index >= 15 is 0 Å². The van der Waals surface area contributed by atoms with E-state index < -0.39 is 6.10 Å². The molecule has 0 saturated heterocycles. The van der Waals surface area contributed by atoms with Gasteiger partial charge in [0.15, 0.2) is 11.6 Å². The minimum Gasteiger partial charge on any atom is -0.472 e. The molecule has 2 aromatic carbocycles. The number of anilines is 1. The molecule has 2 heterocycles. The Morgan fingerprint density at radius 3 is 2.74 bits per heavy atom. The number of ether oxygens (including phenoxy) is 1. The van der Waals surface area contributed by atoms with Crippen molar-refractivity contribution in [2.75, 3.05) is 11.4 Å². The molecular formula is C24H22FN3O3. The highest BCUT2D eigenvalue weighted by atomic mass is 19.1. The maximum absolute atomic E-state index is 13.2. The van der Waals surface area contributed by atoms with E-state index in [1.54, 1.807) is 35.4 Å². The summed E-state index contributed by atoms with van der Waals surface area (Å²) < 4.78 is 19.2. The first kappa shape index (κ1) is 20.5. The van der Waals surface area contributed by atoms with Crippen LogP contribution in [0.2, 0.25) is 0 Å². The van der Waals surface area contributed by atoms with Crippen molar-refractivity contribution in [3.8, 4) is 5.75 Å². The van der Waals surface area contributed by atoms with E-state index in [0.29, 0.717) is 30.1 Å². The van der Waals surface area contributed by atoms with Crippen LogP contribution in [0.5, 0.6) is 5.75 Å². The maximum atomic E-state index is 13.2. The van der Waals surface area contributed by atoms with Crippen molar-refractivity contribution >= 4 is 17.6 Å². The van der Waals surface area contributed by atoms with Crippen molar-refractivity contribution in [1.29, 1.82) is 0 Å². The number of carbonyl (C=O) groups excluding carboxylic acids is 2. The lowest BCUT2D eigenvalue weighted by Gasteiger charge is -2.33. The van der Waals surface area contributed by atoms with Crippen LogP contribution in [0, 0.1) is 5.82 Å². The fourth-order valence-electron chi connectivity index (χ4n) is 3.49. The Kier molecular flexibility index (Phi) is 6.21. The van der Waals surface area contributed by atoms with Gasteiger partial charge >= 0.3 is 0 Å². The van der Waals surface area contributed by atoms with Gasteiger partial charge in [-0.05, 0) is 36.2 Å². The topological polar surface area (TPSA) is 71.5 Å². The van der Waals surface area contributed by atoms with Crippen LogP contribution in [0.1, 0.15) is 30.1 Å². The number of carbonyl (C=O) groups is 2. The number of aromatic nitrogens is 1. The van der Waals surface area contributed by atoms with E-state index in [1.807, 2.05) is 30.3 Å². The average Bonchev–Trinajstić information content (AvgIpc) is 2.79. The standard InChI is InChI=1S/C24H22FN3O3/c25-19-10-4-7-17(15-19)16-27-21(29)12-6-14-28-23-20(11-5-13-26-23)31-22(24(28)30)18-8-2-1-3-9-18/h1-5,7-11,13,15,22H,6,12,14,16H2,(H,27,29). The SMILES string of the molecule is O=C(CCCN1C(=O)C(c2ccccc2)Oc2cccnc21)NCc1cccc(F)c1. The maximum Gasteiger partial charge on any atom is 0.274 e. The molecule has 6 nitrogen and oxygen atoms in total. The molecule has 1 unspecified atom stereocenters. The third-order valence-corrected chi connectivity index (χ3v) is 5.01. The zero-order valence-corrected chi connectivity index (χ0v) is 16.8. The lowest BCUT2D eigenvalue weighted by Crippen LogP contribution is -2.42. The summed E-state index contributed by atoms with van der Waals surface area (Å²) in [7, 11) is 0. The zero-order chi connectivity index (χ0) is 21.6. The van der Waals surface area contributed by atoms with Crippen LogP contribution in [-0.2, 0) is 16.1 Å². The van der Waals surface area contributed by atoms with Crippen molar-refractivity contribution in [3.05, 3.63) is 89.9 Å². The molecule has 1 aliphatic rings. The normalized spacial score (nSPS) is 15.2. The highest BCUT2D eigenvalue weighted by Crippen LogP contribution is 2.37. The summed E-state index contributed by atoms with van der Waals surface area (Å²) in [5, 5.41) is 2.78. The second-order valence-electron chi connectivity index (χ2n) is 7.23. The predicted molar refractivity (Wildman–Crippen MR) is 114 cm³/mol. The summed E-state index contributed by atoms with van der Waals surface area (Å²) in [5.74, 6) is 0.284. The number of fused-ring (bicyclic) bond motifs is 1. The van der Waals surface area contributed by atoms with Gasteiger partial charge in [-0.15, -0.1) is 0 Å². The molecule has 3 aromatic rings. The molecule has 0 saturated carbocycles. The number of benzene rings is 2. The number of pyridine rings is 1. The fraction of sp³-hybridized carbons (Fsp3) is 0.208. The number of hydrogen-bond acceptors (Lipinski definition) is 4. The first-order valence-corrected chi connectivity index (χ1v) is 10.1. The van der Waals surface area contributed by atoms with Gasteiger partial charge in [-0.1, -0.05) is 42.5 Å². The molecule has 0 bridgehead atoms. The van der Waals surface area contributed by atoms with Crippen LogP contribution in [0.4, 0.5) is 10.2 Å². The van der Waals surface area contributed by atoms with Crippen LogP contribution in [0.25, 0.3) is 0 Å². The van der Waals surface area contributed by atoms with Crippen molar-refractivity contribution in [2.24, 2.45) is 0 Å². The van der Waals surface area contributed by atoms with Gasteiger partial charge in [0.25, 0.3) is 5.91 Å². The Morgan fingerprint density at radius 1 is 1.10 bits per heavy atom. The molecule has 158 valence electrons. The van der Waals surface area contributed by atoms with Gasteiger partial charge in [-0.3, -0.25) is 14.5 Å². The second-order valence-corrected chi connectivity index (χ2v) is 7.23. The summed E-state index contributed by atoms with van der Waals surface area (Å²) in [6.07, 6.45) is 1.55. The Morgan fingerprint density at radius 2 is 1.94 bits per heavy atom. The molecule has 31 heavy (non-hydrogen) atoms. The van der Waals surface area contributed by atoms with Crippen molar-refractivity contribution in [3.63, 3.8) is 0 Å². The molecule has 4 rings (SSSR count). The number of amides is 2. The van der Waals surface area contributed by atoms with Crippen molar-refractivity contribution in [2.45, 2.75) is 25.5 Å². The molecule has 2 amide bonds. The van der Waals surface area contributed by atoms with E-state index in [9.17, 15) is 14.0 Å². The van der Waals surface area contributed by atoms with E-state index in [2.05, 4.69) is 10.3 Å². The van der Waals surface area contributed by atoms with Crippen molar-refractivity contribution in [1.82, 2.24) is 10.3 Å². The molecule has 0 spiro atoms. The van der Waals surface area contributed by atoms with Gasteiger partial charge in [0, 0.05) is 31.3 Å². The zero-order valence-electron chi connectivity index (χ0n) is 16.8. The van der Waals surface area contributed by atoms with Gasteiger partial charge < -0.3 is 10.1 Å². The van der Waals surface area contributed by atoms with Gasteiger partial charge in [0.05, 0.1) is 0 Å². The van der Waals surface area contributed by atoms with Crippen LogP contribution >= 0.6 is 0 Å². The molecule has 1 N–H and O–H groups in total. The monoisotopic (exact) mass is 419 g/mol. The molecule has 7 heteroatoms. The second kappa shape index (κ2) is 9.38. The molecule has 1 aromatic heterocycles. The molecule has 0 radical (unpaired) electrons. The summed E-state index contributed by atoms with van der Waals surface area (Å²) in [6.45, 7) is 0.594. The van der Waals surface area contributed by atoms with Gasteiger partial charge in [0.2, 0.25) is 12.0 Å². The third kappa shape index (κ3) is 4.88. The van der Waals surface area contributed by atoms with Crippen molar-refractivity contribution < 1.29 is 18.7 Å². The fourth-order valence-corrected chi connectivity index (χ4v) is 3.49. The summed E-state index contributed by atoms with van der Waals surface area (Å²) >= 11 is 0. The number of nitrogens with zero attached hydrogens (tertiary/aromatic N) is 2. The van der Waals surface area contributed by atoms with Crippen LogP contribution in [-0.4, -0.2) is 23.3 Å². The Hall–Kier alpha value is -3.74. The highest BCUT2D eigenvalue weighted by Gasteiger charge is 2.36. The van der Waals surface area contributed by atoms with Crippen LogP contribution in [0.3, 0.4) is 0 Å². The first-order valence-electron chi connectivity index (χ1n) is 10.1. The lowest BCUT2D eigenvalue weighted by molar-refractivity contribution is -0.127. The quantitative estimate of drug-likeness (QED) is 0.633. The lowest BCUT2D eigenvalue weighted by atomic mass is 10.1. The minimum absolute atomic E-state index is 0.161. The molecule has 0 fully saturated rings. The van der Waals surface area contributed by atoms with Crippen LogP contribution in [0.15, 0.2) is 72.9 Å². The van der Waals surface area contributed by atoms with Crippen LogP contribution < -0.4 is 15.0 Å². The summed E-state index contributed by atoms with van der Waals surface area (Å²) in [6, 6.07) is 18.9. The molecule has 0 aliphatic carbocycles. The van der Waals surface area contributed by atoms with E-state index in [4.69, 9.17) is 4.74 Å². The number of hydrogen-bond donors (Lipinski definition) is 1. The van der Waals surface area contributed by atoms with E-state index in [-0.39, 0.29) is 30.6 Å². The largest absolute Gasteiger partial charge is 0.472 e. The average molecular weight is 419 g/mol.